The molecule has 0 radical (unpaired) electrons. The summed E-state index contributed by atoms with van der Waals surface area (Å²) in [6.07, 6.45) is 2.35. The van der Waals surface area contributed by atoms with Gasteiger partial charge in [-0.15, -0.1) is 0 Å². The van der Waals surface area contributed by atoms with E-state index in [1.807, 2.05) is 0 Å². The van der Waals surface area contributed by atoms with Crippen LogP contribution in [0.5, 0.6) is 11.7 Å². The zero-order chi connectivity index (χ0) is 13.2. The van der Waals surface area contributed by atoms with Crippen LogP contribution in [0.1, 0.15) is 12.2 Å². The van der Waals surface area contributed by atoms with Crippen LogP contribution >= 0.6 is 0 Å². The molecule has 0 bridgehead atoms. The van der Waals surface area contributed by atoms with Gasteiger partial charge in [0, 0.05) is 12.5 Å². The fourth-order valence-electron chi connectivity index (χ4n) is 1.84. The van der Waals surface area contributed by atoms with Gasteiger partial charge in [0.2, 0.25) is 0 Å². The summed E-state index contributed by atoms with van der Waals surface area (Å²) in [7, 11) is 0. The van der Waals surface area contributed by atoms with Gasteiger partial charge in [-0.05, 0) is 42.0 Å². The summed E-state index contributed by atoms with van der Waals surface area (Å²) in [5.41, 5.74) is 0.943. The maximum Gasteiger partial charge on any atom is 0.290 e. The van der Waals surface area contributed by atoms with Crippen molar-refractivity contribution >= 4 is 5.57 Å². The molecule has 0 saturated heterocycles. The van der Waals surface area contributed by atoms with Crippen molar-refractivity contribution in [1.82, 2.24) is 0 Å². The van der Waals surface area contributed by atoms with E-state index < -0.39 is 0 Å². The van der Waals surface area contributed by atoms with Crippen LogP contribution in [-0.2, 0) is 0 Å². The molecule has 0 N–H and O–H groups in total. The number of nitroso groups, excluding NO2 is 1. The van der Waals surface area contributed by atoms with Gasteiger partial charge in [-0.25, -0.2) is 4.39 Å². The van der Waals surface area contributed by atoms with Crippen molar-refractivity contribution in [2.45, 2.75) is 12.5 Å². The summed E-state index contributed by atoms with van der Waals surface area (Å²) in [4.78, 5) is 10.3. The summed E-state index contributed by atoms with van der Waals surface area (Å²) in [5, 5.41) is 2.92. The summed E-state index contributed by atoms with van der Waals surface area (Å²) >= 11 is 0. The highest BCUT2D eigenvalue weighted by Gasteiger charge is 2.23. The molecule has 96 valence electrons. The second kappa shape index (κ2) is 4.68. The molecule has 1 aliphatic rings. The number of benzene rings is 1. The van der Waals surface area contributed by atoms with E-state index in [2.05, 4.69) is 5.18 Å². The first-order chi connectivity index (χ1) is 9.24. The Bertz CT molecular complexity index is 630. The second-order valence-electron chi connectivity index (χ2n) is 4.24. The summed E-state index contributed by atoms with van der Waals surface area (Å²) < 4.78 is 23.7. The molecule has 19 heavy (non-hydrogen) atoms. The molecule has 2 aromatic rings. The number of hydrogen-bond donors (Lipinski definition) is 0. The maximum absolute atomic E-state index is 12.7. The van der Waals surface area contributed by atoms with E-state index >= 15 is 0 Å². The van der Waals surface area contributed by atoms with Gasteiger partial charge in [-0.3, -0.25) is 0 Å². The standard InChI is InChI=1S/C14H10FNO3/c15-10-1-3-12(4-2-10)18-14-6-5-13(19-14)9-7-11(8-9)16-17/h1-7,11H,8H2. The average Bonchev–Trinajstić information content (AvgIpc) is 2.79. The zero-order valence-corrected chi connectivity index (χ0v) is 9.88. The molecule has 1 heterocycles. The summed E-state index contributed by atoms with van der Waals surface area (Å²) in [6, 6.07) is 8.87. The van der Waals surface area contributed by atoms with Crippen LogP contribution in [0.25, 0.3) is 5.57 Å². The predicted octanol–water partition coefficient (Wildman–Crippen LogP) is 4.13. The average molecular weight is 259 g/mol. The highest BCUT2D eigenvalue weighted by molar-refractivity contribution is 5.69. The fourth-order valence-corrected chi connectivity index (χ4v) is 1.84. The van der Waals surface area contributed by atoms with E-state index in [-0.39, 0.29) is 11.9 Å². The summed E-state index contributed by atoms with van der Waals surface area (Å²) in [6.45, 7) is 0. The molecule has 0 fully saturated rings. The summed E-state index contributed by atoms with van der Waals surface area (Å²) in [5.74, 6) is 1.17. The Labute approximate surface area is 108 Å². The molecule has 3 rings (SSSR count). The van der Waals surface area contributed by atoms with Crippen molar-refractivity contribution in [1.29, 1.82) is 0 Å². The lowest BCUT2D eigenvalue weighted by atomic mass is 9.92. The Hall–Kier alpha value is -2.43. The van der Waals surface area contributed by atoms with E-state index in [1.54, 1.807) is 18.2 Å². The third kappa shape index (κ3) is 2.40. The van der Waals surface area contributed by atoms with E-state index in [0.29, 0.717) is 23.9 Å². The van der Waals surface area contributed by atoms with Crippen LogP contribution in [0.4, 0.5) is 4.39 Å². The first-order valence-corrected chi connectivity index (χ1v) is 5.81. The lowest BCUT2D eigenvalue weighted by Gasteiger charge is -2.16. The number of halogens is 1. The number of hydrogen-bond acceptors (Lipinski definition) is 4. The minimum Gasteiger partial charge on any atom is -0.426 e. The van der Waals surface area contributed by atoms with E-state index in [0.717, 1.165) is 5.57 Å². The van der Waals surface area contributed by atoms with Crippen molar-refractivity contribution in [3.63, 3.8) is 0 Å². The third-order valence-corrected chi connectivity index (χ3v) is 2.89. The minimum absolute atomic E-state index is 0.249. The molecule has 1 unspecified atom stereocenters. The zero-order valence-electron chi connectivity index (χ0n) is 9.88. The molecular weight excluding hydrogens is 249 g/mol. The molecule has 1 aromatic heterocycles. The van der Waals surface area contributed by atoms with Crippen molar-refractivity contribution in [2.75, 3.05) is 0 Å². The third-order valence-electron chi connectivity index (χ3n) is 2.89. The van der Waals surface area contributed by atoms with Gasteiger partial charge >= 0.3 is 0 Å². The van der Waals surface area contributed by atoms with Gasteiger partial charge in [0.1, 0.15) is 23.4 Å². The Morgan fingerprint density at radius 1 is 1.21 bits per heavy atom. The van der Waals surface area contributed by atoms with Crippen molar-refractivity contribution in [2.24, 2.45) is 5.18 Å². The lowest BCUT2D eigenvalue weighted by Crippen LogP contribution is -2.11. The quantitative estimate of drug-likeness (QED) is 0.775. The van der Waals surface area contributed by atoms with E-state index in [4.69, 9.17) is 9.15 Å². The molecular formula is C14H10FNO3. The van der Waals surface area contributed by atoms with Crippen LogP contribution in [0, 0.1) is 10.7 Å². The van der Waals surface area contributed by atoms with Gasteiger partial charge in [0.05, 0.1) is 0 Å². The molecule has 0 spiro atoms. The van der Waals surface area contributed by atoms with E-state index in [1.165, 1.54) is 24.3 Å². The van der Waals surface area contributed by atoms with Gasteiger partial charge in [-0.1, -0.05) is 5.18 Å². The number of nitrogens with zero attached hydrogens (tertiary/aromatic N) is 1. The van der Waals surface area contributed by atoms with Crippen LogP contribution in [0.2, 0.25) is 0 Å². The van der Waals surface area contributed by atoms with Crippen molar-refractivity contribution < 1.29 is 13.5 Å². The smallest absolute Gasteiger partial charge is 0.290 e. The predicted molar refractivity (Wildman–Crippen MR) is 67.4 cm³/mol. The Balaban J connectivity index is 1.72. The molecule has 1 atom stereocenters. The van der Waals surface area contributed by atoms with Crippen molar-refractivity contribution in [3.8, 4) is 11.7 Å². The Morgan fingerprint density at radius 3 is 2.63 bits per heavy atom. The first kappa shape index (κ1) is 11.6. The van der Waals surface area contributed by atoms with Gasteiger partial charge in [-0.2, -0.15) is 4.91 Å². The first-order valence-electron chi connectivity index (χ1n) is 5.81. The second-order valence-corrected chi connectivity index (χ2v) is 4.24. The number of ether oxygens (including phenoxy) is 1. The monoisotopic (exact) mass is 259 g/mol. The SMILES string of the molecule is O=NC1C=C(c2ccc(Oc3ccc(F)cc3)o2)C1. The molecule has 4 nitrogen and oxygen atoms in total. The molecule has 1 aromatic carbocycles. The normalized spacial score (nSPS) is 17.5. The van der Waals surface area contributed by atoms with Crippen LogP contribution < -0.4 is 4.74 Å². The highest BCUT2D eigenvalue weighted by atomic mass is 19.1. The van der Waals surface area contributed by atoms with Crippen LogP contribution in [0.15, 0.2) is 52.1 Å². The molecule has 0 aliphatic heterocycles. The van der Waals surface area contributed by atoms with Crippen LogP contribution in [-0.4, -0.2) is 6.04 Å². The molecule has 1 aliphatic carbocycles. The molecule has 0 saturated carbocycles. The largest absolute Gasteiger partial charge is 0.426 e. The van der Waals surface area contributed by atoms with Crippen LogP contribution in [0.3, 0.4) is 0 Å². The lowest BCUT2D eigenvalue weighted by molar-refractivity contribution is 0.341. The minimum atomic E-state index is -0.320. The van der Waals surface area contributed by atoms with Crippen molar-refractivity contribution in [3.05, 3.63) is 59.0 Å². The highest BCUT2D eigenvalue weighted by Crippen LogP contribution is 2.35. The Morgan fingerprint density at radius 2 is 1.95 bits per heavy atom. The molecule has 5 heteroatoms. The number of rotatable bonds is 4. The van der Waals surface area contributed by atoms with Gasteiger partial charge < -0.3 is 9.15 Å². The van der Waals surface area contributed by atoms with Gasteiger partial charge in [0.25, 0.3) is 5.95 Å². The Kier molecular flexibility index (Phi) is 2.87. The van der Waals surface area contributed by atoms with Gasteiger partial charge in [0.15, 0.2) is 0 Å². The fraction of sp³-hybridized carbons (Fsp3) is 0.143. The maximum atomic E-state index is 12.7. The number of furan rings is 1. The van der Waals surface area contributed by atoms with E-state index in [9.17, 15) is 9.30 Å². The molecule has 0 amide bonds. The topological polar surface area (TPSA) is 51.8 Å².